The predicted octanol–water partition coefficient (Wildman–Crippen LogP) is 3.45. The van der Waals surface area contributed by atoms with Crippen molar-refractivity contribution in [2.45, 2.75) is 46.3 Å². The Balaban J connectivity index is 3.04. The van der Waals surface area contributed by atoms with Gasteiger partial charge in [-0.1, -0.05) is 32.9 Å². The lowest BCUT2D eigenvalue weighted by atomic mass is 9.82. The summed E-state index contributed by atoms with van der Waals surface area (Å²) in [6, 6.07) is 5.99. The van der Waals surface area contributed by atoms with Crippen LogP contribution in [0.3, 0.4) is 0 Å². The van der Waals surface area contributed by atoms with E-state index in [9.17, 15) is 9.18 Å². The maximum absolute atomic E-state index is 13.0. The summed E-state index contributed by atoms with van der Waals surface area (Å²) in [5.41, 5.74) is -0.222. The molecule has 1 N–H and O–H groups in total. The molecule has 0 saturated carbocycles. The lowest BCUT2D eigenvalue weighted by Crippen LogP contribution is -2.47. The first-order valence-corrected chi connectivity index (χ1v) is 6.69. The molecule has 1 rings (SSSR count). The lowest BCUT2D eigenvalue weighted by Gasteiger charge is -2.34. The highest BCUT2D eigenvalue weighted by molar-refractivity contribution is 5.84. The Labute approximate surface area is 120 Å². The van der Waals surface area contributed by atoms with E-state index in [0.717, 1.165) is 5.56 Å². The van der Waals surface area contributed by atoms with Gasteiger partial charge < -0.3 is 10.1 Å². The van der Waals surface area contributed by atoms with Crippen LogP contribution in [0.5, 0.6) is 0 Å². The van der Waals surface area contributed by atoms with E-state index in [4.69, 9.17) is 4.74 Å². The van der Waals surface area contributed by atoms with Crippen molar-refractivity contribution in [1.29, 1.82) is 0 Å². The molecule has 0 spiro atoms. The first-order chi connectivity index (χ1) is 9.08. The number of halogens is 1. The fourth-order valence-electron chi connectivity index (χ4n) is 1.85. The van der Waals surface area contributed by atoms with E-state index in [2.05, 4.69) is 5.32 Å². The van der Waals surface area contributed by atoms with Gasteiger partial charge in [-0.2, -0.15) is 0 Å². The Hall–Kier alpha value is -1.42. The summed E-state index contributed by atoms with van der Waals surface area (Å²) in [6.45, 7) is 9.52. The van der Waals surface area contributed by atoms with E-state index in [1.54, 1.807) is 26.0 Å². The third-order valence-corrected chi connectivity index (χ3v) is 3.40. The third kappa shape index (κ3) is 4.04. The largest absolute Gasteiger partial charge is 0.369 e. The average molecular weight is 281 g/mol. The molecule has 20 heavy (non-hydrogen) atoms. The third-order valence-electron chi connectivity index (χ3n) is 3.40. The van der Waals surface area contributed by atoms with Crippen molar-refractivity contribution in [2.24, 2.45) is 5.41 Å². The van der Waals surface area contributed by atoms with Crippen molar-refractivity contribution in [3.63, 3.8) is 0 Å². The van der Waals surface area contributed by atoms with Crippen LogP contribution in [0.25, 0.3) is 0 Å². The van der Waals surface area contributed by atoms with Gasteiger partial charge in [0.1, 0.15) is 11.4 Å². The minimum atomic E-state index is -0.899. The molecule has 1 unspecified atom stereocenters. The SMILES string of the molecule is COC(C)(C)C(=O)NC(c1ccc(F)cc1)C(C)(C)C. The molecule has 0 bridgehead atoms. The molecule has 0 radical (unpaired) electrons. The van der Waals surface area contributed by atoms with Crippen molar-refractivity contribution in [3.05, 3.63) is 35.6 Å². The molecular weight excluding hydrogens is 257 g/mol. The number of carbonyl (C=O) groups excluding carboxylic acids is 1. The number of hydrogen-bond donors (Lipinski definition) is 1. The van der Waals surface area contributed by atoms with Crippen LogP contribution in [0.1, 0.15) is 46.2 Å². The van der Waals surface area contributed by atoms with Crippen molar-refractivity contribution in [3.8, 4) is 0 Å². The summed E-state index contributed by atoms with van der Waals surface area (Å²) in [5.74, 6) is -0.478. The molecule has 0 aliphatic heterocycles. The van der Waals surface area contributed by atoms with E-state index < -0.39 is 5.60 Å². The van der Waals surface area contributed by atoms with Crippen LogP contribution < -0.4 is 5.32 Å². The number of ether oxygens (including phenoxy) is 1. The van der Waals surface area contributed by atoms with E-state index in [1.165, 1.54) is 19.2 Å². The average Bonchev–Trinajstić information content (AvgIpc) is 2.35. The predicted molar refractivity (Wildman–Crippen MR) is 77.8 cm³/mol. The molecule has 3 nitrogen and oxygen atoms in total. The smallest absolute Gasteiger partial charge is 0.252 e. The maximum Gasteiger partial charge on any atom is 0.252 e. The van der Waals surface area contributed by atoms with Gasteiger partial charge in [-0.05, 0) is 37.0 Å². The normalized spacial score (nSPS) is 13.9. The molecule has 1 aromatic carbocycles. The number of benzene rings is 1. The maximum atomic E-state index is 13.0. The van der Waals surface area contributed by atoms with Gasteiger partial charge in [0.2, 0.25) is 0 Å². The fourth-order valence-corrected chi connectivity index (χ4v) is 1.85. The second-order valence-corrected chi connectivity index (χ2v) is 6.54. The first kappa shape index (κ1) is 16.6. The molecule has 0 heterocycles. The minimum Gasteiger partial charge on any atom is -0.369 e. The van der Waals surface area contributed by atoms with E-state index in [1.807, 2.05) is 20.8 Å². The van der Waals surface area contributed by atoms with Crippen LogP contribution in [0.4, 0.5) is 4.39 Å². The number of hydrogen-bond acceptors (Lipinski definition) is 2. The lowest BCUT2D eigenvalue weighted by molar-refractivity contribution is -0.141. The fraction of sp³-hybridized carbons (Fsp3) is 0.562. The number of methoxy groups -OCH3 is 1. The van der Waals surface area contributed by atoms with Gasteiger partial charge in [0.25, 0.3) is 5.91 Å². The quantitative estimate of drug-likeness (QED) is 0.918. The van der Waals surface area contributed by atoms with Crippen molar-refractivity contribution >= 4 is 5.91 Å². The van der Waals surface area contributed by atoms with Gasteiger partial charge in [0.15, 0.2) is 0 Å². The monoisotopic (exact) mass is 281 g/mol. The Morgan fingerprint density at radius 2 is 1.65 bits per heavy atom. The van der Waals surface area contributed by atoms with Gasteiger partial charge in [-0.25, -0.2) is 4.39 Å². The zero-order valence-corrected chi connectivity index (χ0v) is 13.1. The first-order valence-electron chi connectivity index (χ1n) is 6.69. The Kier molecular flexibility index (Phi) is 4.92. The highest BCUT2D eigenvalue weighted by Crippen LogP contribution is 2.33. The van der Waals surface area contributed by atoms with Crippen LogP contribution in [-0.2, 0) is 9.53 Å². The summed E-state index contributed by atoms with van der Waals surface area (Å²) < 4.78 is 18.2. The Morgan fingerprint density at radius 3 is 2.05 bits per heavy atom. The van der Waals surface area contributed by atoms with Crippen molar-refractivity contribution in [2.75, 3.05) is 7.11 Å². The molecule has 0 aliphatic rings. The molecule has 0 aromatic heterocycles. The summed E-state index contributed by atoms with van der Waals surface area (Å²) in [6.07, 6.45) is 0. The van der Waals surface area contributed by atoms with Crippen LogP contribution in [0.2, 0.25) is 0 Å². The Morgan fingerprint density at radius 1 is 1.15 bits per heavy atom. The number of amides is 1. The van der Waals surface area contributed by atoms with Crippen molar-refractivity contribution in [1.82, 2.24) is 5.32 Å². The molecule has 1 amide bonds. The Bertz CT molecular complexity index is 460. The zero-order chi connectivity index (χ0) is 15.6. The standard InChI is InChI=1S/C16H24FNO2/c1-15(2,3)13(11-7-9-12(17)10-8-11)18-14(19)16(4,5)20-6/h7-10,13H,1-6H3,(H,18,19). The second kappa shape index (κ2) is 5.92. The number of carbonyl (C=O) groups is 1. The van der Waals surface area contributed by atoms with E-state index in [-0.39, 0.29) is 23.2 Å². The second-order valence-electron chi connectivity index (χ2n) is 6.54. The van der Waals surface area contributed by atoms with Crippen LogP contribution in [-0.4, -0.2) is 18.6 Å². The molecule has 0 saturated heterocycles. The molecule has 1 aromatic rings. The number of nitrogens with one attached hydrogen (secondary N) is 1. The van der Waals surface area contributed by atoms with Gasteiger partial charge >= 0.3 is 0 Å². The molecule has 1 atom stereocenters. The van der Waals surface area contributed by atoms with Gasteiger partial charge in [-0.15, -0.1) is 0 Å². The molecular formula is C16H24FNO2. The minimum absolute atomic E-state index is 0.191. The van der Waals surface area contributed by atoms with Gasteiger partial charge in [0.05, 0.1) is 6.04 Å². The molecule has 0 fully saturated rings. The van der Waals surface area contributed by atoms with Crippen LogP contribution in [0, 0.1) is 11.2 Å². The van der Waals surface area contributed by atoms with Crippen molar-refractivity contribution < 1.29 is 13.9 Å². The van der Waals surface area contributed by atoms with Crippen LogP contribution in [0.15, 0.2) is 24.3 Å². The summed E-state index contributed by atoms with van der Waals surface area (Å²) in [4.78, 5) is 12.3. The summed E-state index contributed by atoms with van der Waals surface area (Å²) >= 11 is 0. The highest BCUT2D eigenvalue weighted by Gasteiger charge is 2.33. The number of rotatable bonds is 4. The van der Waals surface area contributed by atoms with Crippen LogP contribution >= 0.6 is 0 Å². The van der Waals surface area contributed by atoms with E-state index in [0.29, 0.717) is 0 Å². The topological polar surface area (TPSA) is 38.3 Å². The summed E-state index contributed by atoms with van der Waals surface area (Å²) in [7, 11) is 1.50. The highest BCUT2D eigenvalue weighted by atomic mass is 19.1. The van der Waals surface area contributed by atoms with E-state index >= 15 is 0 Å². The van der Waals surface area contributed by atoms with Gasteiger partial charge in [-0.3, -0.25) is 4.79 Å². The molecule has 4 heteroatoms. The van der Waals surface area contributed by atoms with Gasteiger partial charge in [0, 0.05) is 7.11 Å². The molecule has 0 aliphatic carbocycles. The summed E-state index contributed by atoms with van der Waals surface area (Å²) in [5, 5.41) is 3.00. The molecule has 112 valence electrons. The zero-order valence-electron chi connectivity index (χ0n) is 13.1.